The molecule has 0 spiro atoms. The highest BCUT2D eigenvalue weighted by Crippen LogP contribution is 2.41. The lowest BCUT2D eigenvalue weighted by Gasteiger charge is -2.20. The van der Waals surface area contributed by atoms with Gasteiger partial charge in [-0.3, -0.25) is 0 Å². The second-order valence-electron chi connectivity index (χ2n) is 4.86. The number of ether oxygens (including phenoxy) is 1. The minimum absolute atomic E-state index is 0.530. The summed E-state index contributed by atoms with van der Waals surface area (Å²) in [7, 11) is 1.77. The average Bonchev–Trinajstić information content (AvgIpc) is 3.17. The average molecular weight is 249 g/mol. The molecule has 0 aromatic heterocycles. The second kappa shape index (κ2) is 4.91. The predicted octanol–water partition coefficient (Wildman–Crippen LogP) is 3.37. The molecule has 0 saturated heterocycles. The van der Waals surface area contributed by atoms with E-state index in [4.69, 9.17) is 4.74 Å². The number of nitrogens with one attached hydrogen (secondary N) is 1. The summed E-state index contributed by atoms with van der Waals surface area (Å²) in [4.78, 5) is 1.35. The van der Waals surface area contributed by atoms with E-state index in [1.807, 2.05) is 11.8 Å². The summed E-state index contributed by atoms with van der Waals surface area (Å²) in [6.45, 7) is 0. The molecule has 17 heavy (non-hydrogen) atoms. The zero-order valence-electron chi connectivity index (χ0n) is 10.2. The van der Waals surface area contributed by atoms with E-state index < -0.39 is 0 Å². The number of thioether (sulfide) groups is 1. The van der Waals surface area contributed by atoms with E-state index in [1.165, 1.54) is 41.9 Å². The molecule has 1 aliphatic carbocycles. The van der Waals surface area contributed by atoms with Crippen molar-refractivity contribution in [2.75, 3.05) is 12.9 Å². The van der Waals surface area contributed by atoms with Crippen LogP contribution in [0.2, 0.25) is 0 Å². The van der Waals surface area contributed by atoms with Crippen molar-refractivity contribution in [2.45, 2.75) is 42.7 Å². The number of benzene rings is 1. The highest BCUT2D eigenvalue weighted by molar-refractivity contribution is 7.99. The van der Waals surface area contributed by atoms with Gasteiger partial charge < -0.3 is 10.1 Å². The summed E-state index contributed by atoms with van der Waals surface area (Å²) in [5, 5.41) is 3.77. The first-order valence-electron chi connectivity index (χ1n) is 6.44. The van der Waals surface area contributed by atoms with Crippen LogP contribution in [-0.4, -0.2) is 18.9 Å². The van der Waals surface area contributed by atoms with E-state index in [2.05, 4.69) is 23.5 Å². The first-order valence-corrected chi connectivity index (χ1v) is 7.43. The molecule has 1 unspecified atom stereocenters. The van der Waals surface area contributed by atoms with Gasteiger partial charge >= 0.3 is 0 Å². The fraction of sp³-hybridized carbons (Fsp3) is 0.571. The predicted molar refractivity (Wildman–Crippen MR) is 71.9 cm³/mol. The van der Waals surface area contributed by atoms with Gasteiger partial charge in [-0.1, -0.05) is 12.1 Å². The van der Waals surface area contributed by atoms with Crippen molar-refractivity contribution in [2.24, 2.45) is 0 Å². The number of fused-ring (bicyclic) bond motifs is 1. The molecule has 3 rings (SSSR count). The minimum atomic E-state index is 0.530. The lowest BCUT2D eigenvalue weighted by molar-refractivity contribution is 0.400. The highest BCUT2D eigenvalue weighted by Gasteiger charge is 2.28. The molecule has 1 heterocycles. The number of rotatable bonds is 3. The number of hydrogen-bond acceptors (Lipinski definition) is 3. The van der Waals surface area contributed by atoms with Gasteiger partial charge in [0.1, 0.15) is 5.75 Å². The van der Waals surface area contributed by atoms with Crippen LogP contribution < -0.4 is 10.1 Å². The van der Waals surface area contributed by atoms with E-state index in [0.29, 0.717) is 6.04 Å². The molecule has 1 fully saturated rings. The van der Waals surface area contributed by atoms with Gasteiger partial charge in [-0.15, -0.1) is 11.8 Å². The third kappa shape index (κ3) is 2.45. The fourth-order valence-corrected chi connectivity index (χ4v) is 3.63. The Balaban J connectivity index is 1.93. The van der Waals surface area contributed by atoms with Gasteiger partial charge in [0.2, 0.25) is 0 Å². The van der Waals surface area contributed by atoms with Gasteiger partial charge in [-0.25, -0.2) is 0 Å². The first kappa shape index (κ1) is 11.4. The summed E-state index contributed by atoms with van der Waals surface area (Å²) in [6, 6.07) is 7.75. The van der Waals surface area contributed by atoms with Gasteiger partial charge in [0.05, 0.1) is 12.0 Å². The minimum Gasteiger partial charge on any atom is -0.496 e. The fourth-order valence-electron chi connectivity index (χ4n) is 2.45. The molecule has 2 aliphatic rings. The van der Waals surface area contributed by atoms with E-state index in [1.54, 1.807) is 7.11 Å². The summed E-state index contributed by atoms with van der Waals surface area (Å²) in [5.74, 6) is 2.24. The highest BCUT2D eigenvalue weighted by atomic mass is 32.2. The van der Waals surface area contributed by atoms with Crippen LogP contribution in [0.5, 0.6) is 5.75 Å². The molecule has 3 heteroatoms. The van der Waals surface area contributed by atoms with Crippen LogP contribution in [-0.2, 0) is 0 Å². The Kier molecular flexibility index (Phi) is 3.30. The second-order valence-corrected chi connectivity index (χ2v) is 5.97. The molecule has 92 valence electrons. The third-order valence-corrected chi connectivity index (χ3v) is 4.72. The van der Waals surface area contributed by atoms with Crippen molar-refractivity contribution < 1.29 is 4.74 Å². The van der Waals surface area contributed by atoms with Gasteiger partial charge in [-0.05, 0) is 43.1 Å². The molecule has 0 amide bonds. The Morgan fingerprint density at radius 3 is 2.94 bits per heavy atom. The molecule has 1 aromatic rings. The Hall–Kier alpha value is -0.670. The zero-order chi connectivity index (χ0) is 11.7. The van der Waals surface area contributed by atoms with Crippen LogP contribution in [0, 0.1) is 0 Å². The van der Waals surface area contributed by atoms with Crippen molar-refractivity contribution >= 4 is 11.8 Å². The molecule has 1 N–H and O–H groups in total. The van der Waals surface area contributed by atoms with E-state index in [9.17, 15) is 0 Å². The Labute approximate surface area is 107 Å². The molecular formula is C14H19NOS. The van der Waals surface area contributed by atoms with Crippen molar-refractivity contribution in [3.8, 4) is 5.75 Å². The van der Waals surface area contributed by atoms with Crippen molar-refractivity contribution in [1.82, 2.24) is 5.32 Å². The molecule has 0 radical (unpaired) electrons. The maximum atomic E-state index is 5.49. The summed E-state index contributed by atoms with van der Waals surface area (Å²) < 4.78 is 5.49. The van der Waals surface area contributed by atoms with Gasteiger partial charge in [0.25, 0.3) is 0 Å². The molecule has 1 aromatic carbocycles. The van der Waals surface area contributed by atoms with Crippen LogP contribution in [0.15, 0.2) is 23.1 Å². The normalized spacial score (nSPS) is 23.9. The molecule has 2 nitrogen and oxygen atoms in total. The zero-order valence-corrected chi connectivity index (χ0v) is 11.1. The molecular weight excluding hydrogens is 230 g/mol. The molecule has 1 saturated carbocycles. The smallest absolute Gasteiger partial charge is 0.132 e. The van der Waals surface area contributed by atoms with E-state index >= 15 is 0 Å². The van der Waals surface area contributed by atoms with Crippen LogP contribution in [0.3, 0.4) is 0 Å². The van der Waals surface area contributed by atoms with E-state index in [-0.39, 0.29) is 0 Å². The summed E-state index contributed by atoms with van der Waals surface area (Å²) in [6.07, 6.45) is 5.24. The molecule has 0 bridgehead atoms. The van der Waals surface area contributed by atoms with Crippen LogP contribution in [0.1, 0.15) is 37.3 Å². The maximum absolute atomic E-state index is 5.49. The van der Waals surface area contributed by atoms with Crippen LogP contribution >= 0.6 is 11.8 Å². The monoisotopic (exact) mass is 249 g/mol. The van der Waals surface area contributed by atoms with Crippen molar-refractivity contribution in [3.63, 3.8) is 0 Å². The Morgan fingerprint density at radius 2 is 2.18 bits per heavy atom. The van der Waals surface area contributed by atoms with Crippen molar-refractivity contribution in [3.05, 3.63) is 23.8 Å². The van der Waals surface area contributed by atoms with Crippen LogP contribution in [0.4, 0.5) is 0 Å². The summed E-state index contributed by atoms with van der Waals surface area (Å²) >= 11 is 1.95. The van der Waals surface area contributed by atoms with Crippen LogP contribution in [0.25, 0.3) is 0 Å². The molecule has 1 aliphatic heterocycles. The standard InChI is InChI=1S/C14H19NOS/c1-16-13-6-2-4-11-12(15-10-7-8-10)5-3-9-17-14(11)13/h2,4,6,10,12,15H,3,5,7-9H2,1H3. The van der Waals surface area contributed by atoms with E-state index in [0.717, 1.165) is 11.8 Å². The van der Waals surface area contributed by atoms with Gasteiger partial charge in [0, 0.05) is 12.1 Å². The maximum Gasteiger partial charge on any atom is 0.132 e. The summed E-state index contributed by atoms with van der Waals surface area (Å²) in [5.41, 5.74) is 1.44. The Bertz CT molecular complexity index is 403. The first-order chi connectivity index (χ1) is 8.38. The number of hydrogen-bond donors (Lipinski definition) is 1. The topological polar surface area (TPSA) is 21.3 Å². The lowest BCUT2D eigenvalue weighted by Crippen LogP contribution is -2.23. The number of methoxy groups -OCH3 is 1. The Morgan fingerprint density at radius 1 is 1.29 bits per heavy atom. The third-order valence-electron chi connectivity index (χ3n) is 3.50. The SMILES string of the molecule is COc1cccc2c1SCCCC2NC1CC1. The molecule has 1 atom stereocenters. The lowest BCUT2D eigenvalue weighted by atomic mass is 10.0. The quantitative estimate of drug-likeness (QED) is 0.887. The largest absolute Gasteiger partial charge is 0.496 e. The van der Waals surface area contributed by atoms with Gasteiger partial charge in [0.15, 0.2) is 0 Å². The van der Waals surface area contributed by atoms with Gasteiger partial charge in [-0.2, -0.15) is 0 Å². The van der Waals surface area contributed by atoms with Crippen molar-refractivity contribution in [1.29, 1.82) is 0 Å².